The largest absolute Gasteiger partial charge is 0.471 e. The van der Waals surface area contributed by atoms with E-state index < -0.39 is 5.41 Å². The molecule has 2 unspecified atom stereocenters. The Morgan fingerprint density at radius 3 is 2.70 bits per heavy atom. The number of rotatable bonds is 5. The summed E-state index contributed by atoms with van der Waals surface area (Å²) in [6.07, 6.45) is 10.3. The average molecular weight is 657 g/mol. The quantitative estimate of drug-likeness (QED) is 0.323. The first-order valence-electron chi connectivity index (χ1n) is 17.1. The van der Waals surface area contributed by atoms with Gasteiger partial charge in [-0.1, -0.05) is 5.16 Å². The Morgan fingerprint density at radius 2 is 1.98 bits per heavy atom. The van der Waals surface area contributed by atoms with Gasteiger partial charge in [0.2, 0.25) is 17.5 Å². The molecule has 4 aromatic rings. The lowest BCUT2D eigenvalue weighted by molar-refractivity contribution is 0.0938. The zero-order valence-corrected chi connectivity index (χ0v) is 27.9. The van der Waals surface area contributed by atoms with Gasteiger partial charge in [0, 0.05) is 28.9 Å². The standard InChI is InChI=1S/C34H40N8O4S/c1-17(21-8-6-14-40(21)2)44-32-26-31(42(33(43)41(26)3)22-15-18-10-11-23(22)45-18)37-30(38-32)27-19-7-4-12-34(28(19)39-46-27)13-5-9-24-25(34)20(16-35)29(36)47-24/h17-18,21-23H,4-15,36H2,1-3H3/t17-,18?,21-,22-,23?,34-/m0/s1. The molecule has 246 valence electrons. The van der Waals surface area contributed by atoms with E-state index in [1.807, 2.05) is 4.57 Å². The van der Waals surface area contributed by atoms with Crippen LogP contribution in [0.5, 0.6) is 5.88 Å². The van der Waals surface area contributed by atoms with E-state index >= 15 is 0 Å². The fraction of sp³-hybridized carbons (Fsp3) is 0.618. The minimum atomic E-state index is -0.428. The van der Waals surface area contributed by atoms with Crippen LogP contribution < -0.4 is 16.2 Å². The molecular weight excluding hydrogens is 616 g/mol. The number of nitrogens with two attached hydrogens (primary N) is 1. The van der Waals surface area contributed by atoms with Crippen LogP contribution in [0, 0.1) is 11.3 Å². The van der Waals surface area contributed by atoms with Gasteiger partial charge in [-0.3, -0.25) is 14.0 Å². The third-order valence-electron chi connectivity index (χ3n) is 11.8. The molecule has 2 aliphatic carbocycles. The molecule has 47 heavy (non-hydrogen) atoms. The Hall–Kier alpha value is -3.73. The number of likely N-dealkylation sites (tertiary alicyclic amines) is 1. The van der Waals surface area contributed by atoms with Crippen LogP contribution in [-0.4, -0.2) is 67.1 Å². The van der Waals surface area contributed by atoms with Gasteiger partial charge >= 0.3 is 5.69 Å². The van der Waals surface area contributed by atoms with Gasteiger partial charge in [0.1, 0.15) is 17.2 Å². The number of aromatic nitrogens is 5. The summed E-state index contributed by atoms with van der Waals surface area (Å²) >= 11 is 1.54. The molecule has 2 N–H and O–H groups in total. The minimum Gasteiger partial charge on any atom is -0.471 e. The molecule has 12 nitrogen and oxygen atoms in total. The summed E-state index contributed by atoms with van der Waals surface area (Å²) in [7, 11) is 3.91. The lowest BCUT2D eigenvalue weighted by Crippen LogP contribution is -2.38. The highest BCUT2D eigenvalue weighted by Crippen LogP contribution is 2.55. The predicted molar refractivity (Wildman–Crippen MR) is 176 cm³/mol. The van der Waals surface area contributed by atoms with E-state index in [2.05, 4.69) is 24.9 Å². The van der Waals surface area contributed by atoms with Crippen LogP contribution >= 0.6 is 11.3 Å². The van der Waals surface area contributed by atoms with Crippen molar-refractivity contribution < 1.29 is 14.0 Å². The number of aryl methyl sites for hydroxylation is 2. The Bertz CT molecular complexity index is 2020. The zero-order chi connectivity index (χ0) is 32.2. The van der Waals surface area contributed by atoms with Crippen molar-refractivity contribution >= 4 is 27.5 Å². The normalized spacial score (nSPS) is 29.0. The summed E-state index contributed by atoms with van der Waals surface area (Å²) in [5.74, 6) is 1.26. The molecule has 2 bridgehead atoms. The Morgan fingerprint density at radius 1 is 1.15 bits per heavy atom. The third kappa shape index (κ3) is 4.17. The summed E-state index contributed by atoms with van der Waals surface area (Å²) in [4.78, 5) is 27.6. The van der Waals surface area contributed by atoms with Crippen molar-refractivity contribution in [2.24, 2.45) is 7.05 Å². The number of hydrogen-bond donors (Lipinski definition) is 1. The van der Waals surface area contributed by atoms with Crippen molar-refractivity contribution in [3.05, 3.63) is 37.7 Å². The smallest absolute Gasteiger partial charge is 0.330 e. The fourth-order valence-electron chi connectivity index (χ4n) is 9.61. The summed E-state index contributed by atoms with van der Waals surface area (Å²) in [5.41, 5.74) is 10.4. The number of imidazole rings is 1. The minimum absolute atomic E-state index is 0.0112. The van der Waals surface area contributed by atoms with Crippen LogP contribution in [0.2, 0.25) is 0 Å². The van der Waals surface area contributed by atoms with Crippen LogP contribution in [0.1, 0.15) is 98.0 Å². The van der Waals surface area contributed by atoms with Crippen LogP contribution in [0.15, 0.2) is 9.32 Å². The molecule has 6 atom stereocenters. The summed E-state index contributed by atoms with van der Waals surface area (Å²) in [6, 6.07) is 2.55. The molecule has 3 fully saturated rings. The number of likely N-dealkylation sites (N-methyl/N-ethyl adjacent to an activating group) is 1. The number of nitrogens with zero attached hydrogens (tertiary/aromatic N) is 7. The molecule has 7 heterocycles. The van der Waals surface area contributed by atoms with Gasteiger partial charge < -0.3 is 19.7 Å². The molecule has 4 aromatic heterocycles. The Balaban J connectivity index is 1.22. The van der Waals surface area contributed by atoms with Crippen LogP contribution in [-0.2, 0) is 30.0 Å². The molecule has 0 radical (unpaired) electrons. The molecule has 1 spiro atoms. The summed E-state index contributed by atoms with van der Waals surface area (Å²) < 4.78 is 22.6. The predicted octanol–water partition coefficient (Wildman–Crippen LogP) is 4.61. The van der Waals surface area contributed by atoms with Crippen molar-refractivity contribution in [1.29, 1.82) is 5.26 Å². The average Bonchev–Trinajstić information content (AvgIpc) is 3.91. The van der Waals surface area contributed by atoms with E-state index in [0.29, 0.717) is 39.2 Å². The Kier molecular flexibility index (Phi) is 6.66. The molecule has 0 amide bonds. The van der Waals surface area contributed by atoms with E-state index in [0.717, 1.165) is 94.0 Å². The maximum absolute atomic E-state index is 14.0. The van der Waals surface area contributed by atoms with Crippen molar-refractivity contribution in [2.75, 3.05) is 19.3 Å². The van der Waals surface area contributed by atoms with Gasteiger partial charge in [-0.05, 0) is 96.7 Å². The monoisotopic (exact) mass is 656 g/mol. The molecule has 3 aliphatic heterocycles. The van der Waals surface area contributed by atoms with Gasteiger partial charge in [0.25, 0.3) is 0 Å². The topological polar surface area (TPSA) is 150 Å². The number of thiophene rings is 1. The highest BCUT2D eigenvalue weighted by Gasteiger charge is 2.49. The van der Waals surface area contributed by atoms with Crippen molar-refractivity contribution in [1.82, 2.24) is 29.2 Å². The van der Waals surface area contributed by atoms with Crippen LogP contribution in [0.25, 0.3) is 22.7 Å². The van der Waals surface area contributed by atoms with E-state index in [1.54, 1.807) is 11.6 Å². The second-order valence-electron chi connectivity index (χ2n) is 14.3. The molecular formula is C34H40N8O4S. The second kappa shape index (κ2) is 10.6. The first-order valence-corrected chi connectivity index (χ1v) is 17.9. The molecule has 0 saturated carbocycles. The maximum Gasteiger partial charge on any atom is 0.330 e. The molecule has 0 aromatic carbocycles. The van der Waals surface area contributed by atoms with Gasteiger partial charge in [-0.2, -0.15) is 10.2 Å². The first-order chi connectivity index (χ1) is 22.8. The summed E-state index contributed by atoms with van der Waals surface area (Å²) in [5, 5.41) is 15.5. The Labute approximate surface area is 276 Å². The lowest BCUT2D eigenvalue weighted by Gasteiger charge is -2.39. The van der Waals surface area contributed by atoms with E-state index in [4.69, 9.17) is 34.9 Å². The highest BCUT2D eigenvalue weighted by atomic mass is 32.1. The van der Waals surface area contributed by atoms with Gasteiger partial charge in [-0.25, -0.2) is 9.78 Å². The van der Waals surface area contributed by atoms with E-state index in [-0.39, 0.29) is 36.1 Å². The number of fused-ring (bicyclic) bond motifs is 7. The van der Waals surface area contributed by atoms with E-state index in [9.17, 15) is 10.1 Å². The zero-order valence-electron chi connectivity index (χ0n) is 27.1. The number of nitrogen functional groups attached to an aromatic ring is 1. The summed E-state index contributed by atoms with van der Waals surface area (Å²) in [6.45, 7) is 3.11. The number of anilines is 1. The molecule has 9 rings (SSSR count). The number of ether oxygens (including phenoxy) is 2. The third-order valence-corrected chi connectivity index (χ3v) is 12.9. The number of hydrogen-bond acceptors (Lipinski definition) is 11. The van der Waals surface area contributed by atoms with Crippen molar-refractivity contribution in [3.63, 3.8) is 0 Å². The van der Waals surface area contributed by atoms with Crippen molar-refractivity contribution in [3.8, 4) is 23.5 Å². The van der Waals surface area contributed by atoms with Crippen LogP contribution in [0.3, 0.4) is 0 Å². The van der Waals surface area contributed by atoms with Gasteiger partial charge in [-0.15, -0.1) is 11.3 Å². The highest BCUT2D eigenvalue weighted by molar-refractivity contribution is 7.16. The second-order valence-corrected chi connectivity index (χ2v) is 15.4. The molecule has 5 aliphatic rings. The number of nitriles is 1. The lowest BCUT2D eigenvalue weighted by atomic mass is 9.62. The molecule has 3 saturated heterocycles. The fourth-order valence-corrected chi connectivity index (χ4v) is 10.8. The first kappa shape index (κ1) is 29.4. The van der Waals surface area contributed by atoms with Gasteiger partial charge in [0.15, 0.2) is 11.2 Å². The van der Waals surface area contributed by atoms with E-state index in [1.165, 1.54) is 16.2 Å². The SMILES string of the molecule is C[C@H](Oc1nc(-c2onc3c2CCC[C@@]32CCCc3sc(N)c(C#N)c32)nc2c1n(C)c(=O)n2[C@H]1CC2CCC1O2)[C@@H]1CCCN1C. The molecule has 13 heteroatoms. The van der Waals surface area contributed by atoms with Crippen molar-refractivity contribution in [2.45, 2.75) is 113 Å². The van der Waals surface area contributed by atoms with Crippen LogP contribution in [0.4, 0.5) is 5.00 Å². The van der Waals surface area contributed by atoms with Gasteiger partial charge in [0.05, 0.1) is 29.5 Å². The maximum atomic E-state index is 14.0.